The average Bonchev–Trinajstić information content (AvgIpc) is 3.33. The fourth-order valence-electron chi connectivity index (χ4n) is 4.52. The maximum atomic E-state index is 4.69. The second-order valence-electron chi connectivity index (χ2n) is 7.45. The number of piperidine rings is 1. The molecule has 6 nitrogen and oxygen atoms in total. The van der Waals surface area contributed by atoms with Crippen molar-refractivity contribution in [3.8, 4) is 0 Å². The molecule has 0 saturated carbocycles. The third kappa shape index (κ3) is 2.94. The van der Waals surface area contributed by atoms with Gasteiger partial charge in [-0.2, -0.15) is 4.52 Å². The number of fused-ring (bicyclic) bond motifs is 2. The van der Waals surface area contributed by atoms with E-state index in [4.69, 9.17) is 5.10 Å². The van der Waals surface area contributed by atoms with Gasteiger partial charge in [-0.1, -0.05) is 30.3 Å². The molecule has 26 heavy (non-hydrogen) atoms. The molecular formula is C20H24N6. The lowest BCUT2D eigenvalue weighted by Gasteiger charge is -2.39. The van der Waals surface area contributed by atoms with Gasteiger partial charge in [-0.25, -0.2) is 0 Å². The minimum atomic E-state index is 0.644. The van der Waals surface area contributed by atoms with E-state index >= 15 is 0 Å². The molecule has 2 unspecified atom stereocenters. The SMILES string of the molecule is c1ccc(CCN2CCC3CCN(c4ccc5nncn5n4)CC32)cc1. The zero-order valence-corrected chi connectivity index (χ0v) is 14.9. The predicted octanol–water partition coefficient (Wildman–Crippen LogP) is 2.27. The van der Waals surface area contributed by atoms with Crippen molar-refractivity contribution in [3.05, 3.63) is 54.4 Å². The Labute approximate surface area is 153 Å². The summed E-state index contributed by atoms with van der Waals surface area (Å²) in [7, 11) is 0. The van der Waals surface area contributed by atoms with Crippen LogP contribution in [-0.2, 0) is 6.42 Å². The summed E-state index contributed by atoms with van der Waals surface area (Å²) in [6, 6.07) is 15.6. The minimum Gasteiger partial charge on any atom is -0.354 e. The molecule has 4 heterocycles. The molecule has 1 aromatic carbocycles. The largest absolute Gasteiger partial charge is 0.354 e. The number of likely N-dealkylation sites (tertiary alicyclic amines) is 1. The molecule has 0 bridgehead atoms. The Kier molecular flexibility index (Phi) is 4.05. The van der Waals surface area contributed by atoms with E-state index < -0.39 is 0 Å². The van der Waals surface area contributed by atoms with Crippen molar-refractivity contribution in [2.24, 2.45) is 5.92 Å². The van der Waals surface area contributed by atoms with Crippen LogP contribution in [0.15, 0.2) is 48.8 Å². The molecule has 0 spiro atoms. The first-order chi connectivity index (χ1) is 12.9. The van der Waals surface area contributed by atoms with Crippen LogP contribution in [-0.4, -0.2) is 56.9 Å². The summed E-state index contributed by atoms with van der Waals surface area (Å²) < 4.78 is 1.77. The van der Waals surface area contributed by atoms with Gasteiger partial charge in [0.05, 0.1) is 0 Å². The van der Waals surface area contributed by atoms with Crippen LogP contribution in [0.4, 0.5) is 5.82 Å². The number of anilines is 1. The maximum absolute atomic E-state index is 4.69. The highest BCUT2D eigenvalue weighted by atomic mass is 15.4. The highest BCUT2D eigenvalue weighted by molar-refractivity contribution is 5.45. The minimum absolute atomic E-state index is 0.644. The summed E-state index contributed by atoms with van der Waals surface area (Å²) in [6.07, 6.45) is 5.40. The molecule has 2 aliphatic heterocycles. The molecule has 0 amide bonds. The van der Waals surface area contributed by atoms with Gasteiger partial charge in [0.2, 0.25) is 0 Å². The Balaban J connectivity index is 1.29. The van der Waals surface area contributed by atoms with Gasteiger partial charge in [-0.3, -0.25) is 4.90 Å². The lowest BCUT2D eigenvalue weighted by Crippen LogP contribution is -2.49. The van der Waals surface area contributed by atoms with Crippen molar-refractivity contribution in [1.29, 1.82) is 0 Å². The summed E-state index contributed by atoms with van der Waals surface area (Å²) in [5.74, 6) is 1.87. The van der Waals surface area contributed by atoms with Gasteiger partial charge in [-0.15, -0.1) is 15.3 Å². The molecule has 2 fully saturated rings. The van der Waals surface area contributed by atoms with Crippen molar-refractivity contribution < 1.29 is 0 Å². The van der Waals surface area contributed by atoms with E-state index in [1.54, 1.807) is 10.8 Å². The third-order valence-electron chi connectivity index (χ3n) is 5.98. The molecule has 5 rings (SSSR count). The zero-order chi connectivity index (χ0) is 17.3. The van der Waals surface area contributed by atoms with Gasteiger partial charge in [0.25, 0.3) is 0 Å². The van der Waals surface area contributed by atoms with E-state index in [0.29, 0.717) is 6.04 Å². The molecular weight excluding hydrogens is 324 g/mol. The number of hydrogen-bond donors (Lipinski definition) is 0. The molecule has 3 aromatic rings. The molecule has 2 aliphatic rings. The topological polar surface area (TPSA) is 49.6 Å². The zero-order valence-electron chi connectivity index (χ0n) is 14.9. The normalized spacial score (nSPS) is 23.5. The van der Waals surface area contributed by atoms with Crippen LogP contribution in [0.1, 0.15) is 18.4 Å². The first-order valence-corrected chi connectivity index (χ1v) is 9.57. The Morgan fingerprint density at radius 3 is 2.81 bits per heavy atom. The van der Waals surface area contributed by atoms with E-state index in [1.807, 2.05) is 6.07 Å². The Hall–Kier alpha value is -2.47. The second kappa shape index (κ2) is 6.68. The average molecular weight is 348 g/mol. The Morgan fingerprint density at radius 1 is 1.00 bits per heavy atom. The second-order valence-corrected chi connectivity index (χ2v) is 7.45. The van der Waals surface area contributed by atoms with Crippen LogP contribution in [0.2, 0.25) is 0 Å². The number of aromatic nitrogens is 4. The molecule has 6 heteroatoms. The lowest BCUT2D eigenvalue weighted by atomic mass is 9.92. The van der Waals surface area contributed by atoms with Gasteiger partial charge >= 0.3 is 0 Å². The van der Waals surface area contributed by atoms with Crippen LogP contribution in [0.25, 0.3) is 5.65 Å². The fraction of sp³-hybridized carbons (Fsp3) is 0.450. The summed E-state index contributed by atoms with van der Waals surface area (Å²) in [4.78, 5) is 5.13. The number of hydrogen-bond acceptors (Lipinski definition) is 5. The third-order valence-corrected chi connectivity index (χ3v) is 5.98. The Morgan fingerprint density at radius 2 is 1.88 bits per heavy atom. The molecule has 2 saturated heterocycles. The van der Waals surface area contributed by atoms with E-state index in [-0.39, 0.29) is 0 Å². The fourth-order valence-corrected chi connectivity index (χ4v) is 4.52. The molecule has 2 aromatic heterocycles. The molecule has 0 radical (unpaired) electrons. The molecule has 2 atom stereocenters. The van der Waals surface area contributed by atoms with Crippen LogP contribution >= 0.6 is 0 Å². The van der Waals surface area contributed by atoms with Crippen LogP contribution in [0, 0.1) is 5.92 Å². The standard InChI is InChI=1S/C20H24N6/c1-2-4-16(5-3-1)8-11-24-12-9-17-10-13-25(14-18(17)24)20-7-6-19-22-21-15-26(19)23-20/h1-7,15,17-18H,8-14H2. The summed E-state index contributed by atoms with van der Waals surface area (Å²) in [5.41, 5.74) is 2.23. The van der Waals surface area contributed by atoms with Crippen LogP contribution in [0.5, 0.6) is 0 Å². The van der Waals surface area contributed by atoms with Crippen molar-refractivity contribution in [1.82, 2.24) is 24.7 Å². The first-order valence-electron chi connectivity index (χ1n) is 9.57. The highest BCUT2D eigenvalue weighted by Crippen LogP contribution is 2.33. The highest BCUT2D eigenvalue weighted by Gasteiger charge is 2.38. The smallest absolute Gasteiger partial charge is 0.177 e. The van der Waals surface area contributed by atoms with Crippen molar-refractivity contribution in [2.75, 3.05) is 31.1 Å². The number of rotatable bonds is 4. The number of benzene rings is 1. The monoisotopic (exact) mass is 348 g/mol. The quantitative estimate of drug-likeness (QED) is 0.724. The van der Waals surface area contributed by atoms with E-state index in [0.717, 1.165) is 43.4 Å². The van der Waals surface area contributed by atoms with Crippen LogP contribution in [0.3, 0.4) is 0 Å². The molecule has 134 valence electrons. The van der Waals surface area contributed by atoms with Gasteiger partial charge in [0.15, 0.2) is 5.65 Å². The number of nitrogens with zero attached hydrogens (tertiary/aromatic N) is 6. The Bertz CT molecular complexity index is 876. The van der Waals surface area contributed by atoms with E-state index in [2.05, 4.69) is 56.4 Å². The summed E-state index contributed by atoms with van der Waals surface area (Å²) in [5, 5.41) is 12.7. The van der Waals surface area contributed by atoms with Crippen molar-refractivity contribution in [2.45, 2.75) is 25.3 Å². The predicted molar refractivity (Wildman–Crippen MR) is 101 cm³/mol. The molecule has 0 aliphatic carbocycles. The first kappa shape index (κ1) is 15.8. The summed E-state index contributed by atoms with van der Waals surface area (Å²) >= 11 is 0. The van der Waals surface area contributed by atoms with E-state index in [1.165, 1.54) is 24.9 Å². The van der Waals surface area contributed by atoms with E-state index in [9.17, 15) is 0 Å². The summed E-state index contributed by atoms with van der Waals surface area (Å²) in [6.45, 7) is 4.54. The van der Waals surface area contributed by atoms with Crippen molar-refractivity contribution in [3.63, 3.8) is 0 Å². The van der Waals surface area contributed by atoms with Crippen molar-refractivity contribution >= 4 is 11.5 Å². The van der Waals surface area contributed by atoms with Gasteiger partial charge in [0.1, 0.15) is 12.1 Å². The maximum Gasteiger partial charge on any atom is 0.177 e. The lowest BCUT2D eigenvalue weighted by molar-refractivity contribution is 0.209. The van der Waals surface area contributed by atoms with Gasteiger partial charge in [-0.05, 0) is 49.4 Å². The van der Waals surface area contributed by atoms with Gasteiger partial charge < -0.3 is 4.90 Å². The van der Waals surface area contributed by atoms with Gasteiger partial charge in [0, 0.05) is 25.7 Å². The van der Waals surface area contributed by atoms with Crippen LogP contribution < -0.4 is 4.90 Å². The molecule has 0 N–H and O–H groups in total.